The van der Waals surface area contributed by atoms with Crippen molar-refractivity contribution in [3.63, 3.8) is 0 Å². The molecular formula is C16H18N2OS. The third kappa shape index (κ3) is 4.31. The van der Waals surface area contributed by atoms with Crippen molar-refractivity contribution in [2.45, 2.75) is 12.3 Å². The zero-order chi connectivity index (χ0) is 14.2. The van der Waals surface area contributed by atoms with Gasteiger partial charge in [0.05, 0.1) is 13.7 Å². The fourth-order valence-electron chi connectivity index (χ4n) is 1.77. The molecule has 0 spiro atoms. The summed E-state index contributed by atoms with van der Waals surface area (Å²) in [5, 5.41) is 0.597. The van der Waals surface area contributed by atoms with Crippen LogP contribution in [0.3, 0.4) is 0 Å². The van der Waals surface area contributed by atoms with Gasteiger partial charge in [-0.1, -0.05) is 60.3 Å². The van der Waals surface area contributed by atoms with Gasteiger partial charge in [0.15, 0.2) is 5.17 Å². The highest BCUT2D eigenvalue weighted by Crippen LogP contribution is 2.22. The number of hydrogen-bond acceptors (Lipinski definition) is 3. The topological polar surface area (TPSA) is 47.6 Å². The molecule has 20 heavy (non-hydrogen) atoms. The summed E-state index contributed by atoms with van der Waals surface area (Å²) >= 11 is 1.53. The van der Waals surface area contributed by atoms with Crippen LogP contribution >= 0.6 is 11.8 Å². The molecule has 2 rings (SSSR count). The Hall–Kier alpha value is -1.94. The molecule has 2 aromatic rings. The maximum absolute atomic E-state index is 5.93. The first kappa shape index (κ1) is 14.5. The van der Waals surface area contributed by atoms with E-state index in [1.807, 2.05) is 54.6 Å². The number of ether oxygens (including phenoxy) is 1. The fraction of sp³-hybridized carbons (Fsp3) is 0.188. The highest BCUT2D eigenvalue weighted by atomic mass is 32.2. The number of hydrogen-bond donors (Lipinski definition) is 1. The fourth-order valence-corrected chi connectivity index (χ4v) is 2.47. The number of methoxy groups -OCH3 is 1. The van der Waals surface area contributed by atoms with Crippen molar-refractivity contribution in [1.29, 1.82) is 0 Å². The second-order valence-corrected chi connectivity index (χ2v) is 5.24. The molecule has 0 saturated carbocycles. The lowest BCUT2D eigenvalue weighted by Crippen LogP contribution is -2.07. The minimum atomic E-state index is 0.597. The first-order valence-electron chi connectivity index (χ1n) is 6.38. The molecule has 0 amide bonds. The molecule has 4 heteroatoms. The van der Waals surface area contributed by atoms with E-state index in [-0.39, 0.29) is 0 Å². The summed E-state index contributed by atoms with van der Waals surface area (Å²) in [6, 6.07) is 18.0. The molecule has 3 nitrogen and oxygen atoms in total. The van der Waals surface area contributed by atoms with Crippen LogP contribution < -0.4 is 10.5 Å². The van der Waals surface area contributed by atoms with Gasteiger partial charge < -0.3 is 10.5 Å². The molecule has 2 N–H and O–H groups in total. The number of aliphatic imine (C=N–C) groups is 1. The van der Waals surface area contributed by atoms with Crippen molar-refractivity contribution < 1.29 is 4.74 Å². The van der Waals surface area contributed by atoms with E-state index in [1.165, 1.54) is 11.8 Å². The Balaban J connectivity index is 1.90. The molecule has 0 aromatic heterocycles. The third-order valence-electron chi connectivity index (χ3n) is 2.83. The maximum Gasteiger partial charge on any atom is 0.154 e. The SMILES string of the molecule is COc1ccccc1CSC(N)=NCc1ccccc1. The third-order valence-corrected chi connectivity index (χ3v) is 3.71. The lowest BCUT2D eigenvalue weighted by molar-refractivity contribution is 0.411. The molecule has 0 radical (unpaired) electrons. The van der Waals surface area contributed by atoms with E-state index in [4.69, 9.17) is 10.5 Å². The van der Waals surface area contributed by atoms with Gasteiger partial charge in [-0.2, -0.15) is 0 Å². The minimum Gasteiger partial charge on any atom is -0.496 e. The Morgan fingerprint density at radius 2 is 1.80 bits per heavy atom. The Morgan fingerprint density at radius 3 is 2.55 bits per heavy atom. The molecule has 0 atom stereocenters. The second-order valence-electron chi connectivity index (χ2n) is 4.24. The summed E-state index contributed by atoms with van der Waals surface area (Å²) < 4.78 is 5.31. The van der Waals surface area contributed by atoms with Crippen LogP contribution in [-0.4, -0.2) is 12.3 Å². The summed E-state index contributed by atoms with van der Waals surface area (Å²) in [5.74, 6) is 1.64. The standard InChI is InChI=1S/C16H18N2OS/c1-19-15-10-6-5-9-14(15)12-20-16(17)18-11-13-7-3-2-4-8-13/h2-10H,11-12H2,1H3,(H2,17,18). The zero-order valence-electron chi connectivity index (χ0n) is 11.5. The minimum absolute atomic E-state index is 0.597. The van der Waals surface area contributed by atoms with E-state index in [1.54, 1.807) is 7.11 Å². The van der Waals surface area contributed by atoms with E-state index in [9.17, 15) is 0 Å². The van der Waals surface area contributed by atoms with E-state index in [0.717, 1.165) is 22.6 Å². The highest BCUT2D eigenvalue weighted by molar-refractivity contribution is 8.13. The average molecular weight is 286 g/mol. The van der Waals surface area contributed by atoms with Gasteiger partial charge in [0, 0.05) is 11.3 Å². The molecule has 0 heterocycles. The molecule has 0 bridgehead atoms. The van der Waals surface area contributed by atoms with Crippen molar-refractivity contribution in [2.24, 2.45) is 10.7 Å². The van der Waals surface area contributed by atoms with Crippen molar-refractivity contribution in [1.82, 2.24) is 0 Å². The number of amidine groups is 1. The van der Waals surface area contributed by atoms with Crippen molar-refractivity contribution >= 4 is 16.9 Å². The normalized spacial score (nSPS) is 11.3. The van der Waals surface area contributed by atoms with Gasteiger partial charge >= 0.3 is 0 Å². The Morgan fingerprint density at radius 1 is 1.10 bits per heavy atom. The van der Waals surface area contributed by atoms with E-state index in [0.29, 0.717) is 11.7 Å². The van der Waals surface area contributed by atoms with E-state index < -0.39 is 0 Å². The molecule has 0 aliphatic carbocycles. The van der Waals surface area contributed by atoms with Gasteiger partial charge in [-0.3, -0.25) is 4.99 Å². The van der Waals surface area contributed by atoms with Crippen LogP contribution in [0.5, 0.6) is 5.75 Å². The van der Waals surface area contributed by atoms with Crippen LogP contribution in [0.4, 0.5) is 0 Å². The zero-order valence-corrected chi connectivity index (χ0v) is 12.3. The first-order chi connectivity index (χ1) is 9.79. The van der Waals surface area contributed by atoms with Crippen LogP contribution in [0.15, 0.2) is 59.6 Å². The molecule has 2 aromatic carbocycles. The van der Waals surface area contributed by atoms with E-state index in [2.05, 4.69) is 4.99 Å². The summed E-state index contributed by atoms with van der Waals surface area (Å²) in [7, 11) is 1.68. The molecular weight excluding hydrogens is 268 g/mol. The number of nitrogens with zero attached hydrogens (tertiary/aromatic N) is 1. The number of thioether (sulfide) groups is 1. The Bertz CT molecular complexity index is 570. The van der Waals surface area contributed by atoms with Gasteiger partial charge in [0.2, 0.25) is 0 Å². The van der Waals surface area contributed by atoms with Gasteiger partial charge in [0.1, 0.15) is 5.75 Å². The van der Waals surface area contributed by atoms with E-state index >= 15 is 0 Å². The number of nitrogens with two attached hydrogens (primary N) is 1. The van der Waals surface area contributed by atoms with Crippen molar-refractivity contribution in [2.75, 3.05) is 7.11 Å². The maximum atomic E-state index is 5.93. The summed E-state index contributed by atoms with van der Waals surface area (Å²) in [6.45, 7) is 0.617. The monoisotopic (exact) mass is 286 g/mol. The van der Waals surface area contributed by atoms with Crippen molar-refractivity contribution in [3.8, 4) is 5.75 Å². The summed E-state index contributed by atoms with van der Waals surface area (Å²) in [5.41, 5.74) is 8.22. The average Bonchev–Trinajstić information content (AvgIpc) is 2.52. The van der Waals surface area contributed by atoms with Gasteiger partial charge in [0.25, 0.3) is 0 Å². The van der Waals surface area contributed by atoms with Crippen LogP contribution in [0.1, 0.15) is 11.1 Å². The van der Waals surface area contributed by atoms with Gasteiger partial charge in [-0.05, 0) is 11.6 Å². The molecule has 0 aliphatic heterocycles. The smallest absolute Gasteiger partial charge is 0.154 e. The highest BCUT2D eigenvalue weighted by Gasteiger charge is 2.03. The van der Waals surface area contributed by atoms with Crippen LogP contribution in [0.25, 0.3) is 0 Å². The lowest BCUT2D eigenvalue weighted by Gasteiger charge is -2.07. The van der Waals surface area contributed by atoms with Crippen LogP contribution in [0.2, 0.25) is 0 Å². The molecule has 0 saturated heterocycles. The Kier molecular flexibility index (Phi) is 5.50. The van der Waals surface area contributed by atoms with Crippen molar-refractivity contribution in [3.05, 3.63) is 65.7 Å². The number of benzene rings is 2. The van der Waals surface area contributed by atoms with Crippen LogP contribution in [0, 0.1) is 0 Å². The summed E-state index contributed by atoms with van der Waals surface area (Å²) in [6.07, 6.45) is 0. The summed E-state index contributed by atoms with van der Waals surface area (Å²) in [4.78, 5) is 4.38. The lowest BCUT2D eigenvalue weighted by atomic mass is 10.2. The number of para-hydroxylation sites is 1. The number of rotatable bonds is 5. The molecule has 104 valence electrons. The molecule has 0 fully saturated rings. The van der Waals surface area contributed by atoms with Gasteiger partial charge in [-0.15, -0.1) is 0 Å². The molecule has 0 aliphatic rings. The largest absolute Gasteiger partial charge is 0.496 e. The molecule has 0 unspecified atom stereocenters. The predicted octanol–water partition coefficient (Wildman–Crippen LogP) is 3.44. The predicted molar refractivity (Wildman–Crippen MR) is 86.1 cm³/mol. The second kappa shape index (κ2) is 7.60. The van der Waals surface area contributed by atoms with Crippen LogP contribution in [-0.2, 0) is 12.3 Å². The van der Waals surface area contributed by atoms with Gasteiger partial charge in [-0.25, -0.2) is 0 Å². The quantitative estimate of drug-likeness (QED) is 0.676. The Labute approximate surface area is 123 Å². The first-order valence-corrected chi connectivity index (χ1v) is 7.36.